The molecular formula is C28H23F3N5O3+. The molecule has 0 spiro atoms. The zero-order chi connectivity index (χ0) is 27.3. The summed E-state index contributed by atoms with van der Waals surface area (Å²) in [7, 11) is 0. The van der Waals surface area contributed by atoms with E-state index in [0.29, 0.717) is 22.3 Å². The zero-order valence-corrected chi connectivity index (χ0v) is 20.8. The predicted octanol–water partition coefficient (Wildman–Crippen LogP) is 6.43. The van der Waals surface area contributed by atoms with Gasteiger partial charge >= 0.3 is 5.97 Å². The van der Waals surface area contributed by atoms with E-state index >= 15 is 8.78 Å². The van der Waals surface area contributed by atoms with Crippen LogP contribution in [0.3, 0.4) is 0 Å². The summed E-state index contributed by atoms with van der Waals surface area (Å²) in [6.07, 6.45) is 4.17. The average Bonchev–Trinajstić information content (AvgIpc) is 3.66. The standard InChI is InChI=1S/C28H22F3N5O3/c29-24-23(28(37)38)22(25(30)27(26(24)31)33-34-32)21-17-7-5-15(35-9-1-2-10-35)13-19(17)39-20-14-16(6-8-18(20)21)36-11-3-4-12-36/h5-8,13-14H,1-4,9-12H2/p+1. The Hall–Kier alpha value is -4.50. The molecule has 1 N–H and O–H groups in total. The fraction of sp³-hybridized carbons (Fsp3) is 0.286. The number of carbonyl (C=O) groups is 1. The van der Waals surface area contributed by atoms with E-state index in [1.807, 2.05) is 12.1 Å². The summed E-state index contributed by atoms with van der Waals surface area (Å²) in [6.45, 7) is 3.45. The van der Waals surface area contributed by atoms with E-state index in [9.17, 15) is 14.3 Å². The second kappa shape index (κ2) is 9.67. The highest BCUT2D eigenvalue weighted by Gasteiger charge is 2.33. The summed E-state index contributed by atoms with van der Waals surface area (Å²) < 4.78 is 54.2. The van der Waals surface area contributed by atoms with Gasteiger partial charge in [-0.15, -0.1) is 0 Å². The number of nitrogens with zero attached hydrogens (tertiary/aromatic N) is 5. The Morgan fingerprint density at radius 1 is 0.974 bits per heavy atom. The fourth-order valence-corrected chi connectivity index (χ4v) is 5.70. The minimum Gasteiger partial charge on any atom is -0.478 e. The molecule has 0 unspecified atom stereocenters. The molecule has 3 aliphatic heterocycles. The highest BCUT2D eigenvalue weighted by atomic mass is 19.2. The van der Waals surface area contributed by atoms with Gasteiger partial charge in [0.05, 0.1) is 6.07 Å². The van der Waals surface area contributed by atoms with E-state index < -0.39 is 40.2 Å². The molecule has 0 atom stereocenters. The minimum atomic E-state index is -1.87. The SMILES string of the molecule is [N-]=[N+]=Nc1c(F)c(F)c(C(=O)O)c(-c2c3ccc(=[N+]4CCCC4)cc-3oc3cc(N4CCCC4)ccc23)c1F. The van der Waals surface area contributed by atoms with Crippen molar-refractivity contribution in [2.75, 3.05) is 31.1 Å². The predicted molar refractivity (Wildman–Crippen MR) is 140 cm³/mol. The van der Waals surface area contributed by atoms with E-state index in [2.05, 4.69) is 19.5 Å². The van der Waals surface area contributed by atoms with Crippen LogP contribution >= 0.6 is 0 Å². The number of fused-ring (bicyclic) bond motifs is 2. The van der Waals surface area contributed by atoms with Crippen LogP contribution in [-0.4, -0.2) is 37.3 Å². The average molecular weight is 535 g/mol. The van der Waals surface area contributed by atoms with Gasteiger partial charge in [0.15, 0.2) is 11.6 Å². The fourth-order valence-electron chi connectivity index (χ4n) is 5.70. The number of aromatic carboxylic acids is 1. The van der Waals surface area contributed by atoms with Crippen molar-refractivity contribution in [2.45, 2.75) is 25.7 Å². The molecule has 39 heavy (non-hydrogen) atoms. The molecule has 2 aromatic rings. The third kappa shape index (κ3) is 4.06. The van der Waals surface area contributed by atoms with Crippen LogP contribution in [0.25, 0.3) is 43.9 Å². The number of hydrogen-bond acceptors (Lipinski definition) is 4. The van der Waals surface area contributed by atoms with Gasteiger partial charge in [0, 0.05) is 70.7 Å². The summed E-state index contributed by atoms with van der Waals surface area (Å²) >= 11 is 0. The van der Waals surface area contributed by atoms with Crippen LogP contribution in [0.15, 0.2) is 45.9 Å². The zero-order valence-electron chi connectivity index (χ0n) is 20.8. The largest absolute Gasteiger partial charge is 0.478 e. The minimum absolute atomic E-state index is 0.00961. The van der Waals surface area contributed by atoms with Crippen molar-refractivity contribution in [2.24, 2.45) is 5.11 Å². The number of carboxylic acids is 1. The van der Waals surface area contributed by atoms with Gasteiger partial charge in [-0.3, -0.25) is 0 Å². The summed E-state index contributed by atoms with van der Waals surface area (Å²) in [6, 6.07) is 10.5. The van der Waals surface area contributed by atoms with Crippen molar-refractivity contribution in [3.05, 3.63) is 75.2 Å². The van der Waals surface area contributed by atoms with E-state index in [-0.39, 0.29) is 5.56 Å². The van der Waals surface area contributed by atoms with Crippen molar-refractivity contribution in [3.63, 3.8) is 0 Å². The van der Waals surface area contributed by atoms with Crippen molar-refractivity contribution in [1.29, 1.82) is 0 Å². The molecule has 6 rings (SSSR count). The van der Waals surface area contributed by atoms with Crippen molar-refractivity contribution in [3.8, 4) is 22.5 Å². The number of halogens is 3. The lowest BCUT2D eigenvalue weighted by atomic mass is 9.89. The van der Waals surface area contributed by atoms with Crippen LogP contribution in [0.5, 0.6) is 0 Å². The number of hydrogen-bond donors (Lipinski definition) is 1. The molecular weight excluding hydrogens is 511 g/mol. The van der Waals surface area contributed by atoms with Crippen LogP contribution in [0.1, 0.15) is 36.0 Å². The lowest BCUT2D eigenvalue weighted by Crippen LogP contribution is -2.26. The summed E-state index contributed by atoms with van der Waals surface area (Å²) in [4.78, 5) is 16.8. The molecule has 0 amide bonds. The number of carboxylic acid groups (broad SMARTS) is 1. The third-order valence-corrected chi connectivity index (χ3v) is 7.54. The number of benzene rings is 3. The van der Waals surface area contributed by atoms with Crippen molar-refractivity contribution < 1.29 is 27.5 Å². The Labute approximate surface area is 220 Å². The molecule has 2 aromatic carbocycles. The summed E-state index contributed by atoms with van der Waals surface area (Å²) in [5.74, 6) is -6.69. The smallest absolute Gasteiger partial charge is 0.339 e. The second-order valence-corrected chi connectivity index (χ2v) is 9.76. The third-order valence-electron chi connectivity index (χ3n) is 7.54. The Balaban J connectivity index is 1.76. The first-order valence-corrected chi connectivity index (χ1v) is 12.7. The van der Waals surface area contributed by atoms with Gasteiger partial charge in [-0.25, -0.2) is 22.5 Å². The Morgan fingerprint density at radius 3 is 2.41 bits per heavy atom. The number of anilines is 1. The molecule has 0 aromatic heterocycles. The Bertz CT molecular complexity index is 1750. The molecule has 0 bridgehead atoms. The quantitative estimate of drug-likeness (QED) is 0.0814. The lowest BCUT2D eigenvalue weighted by Gasteiger charge is -2.21. The van der Waals surface area contributed by atoms with Crippen LogP contribution in [-0.2, 0) is 0 Å². The molecule has 198 valence electrons. The lowest BCUT2D eigenvalue weighted by molar-refractivity contribution is 0.0691. The Kier molecular flexibility index (Phi) is 6.15. The van der Waals surface area contributed by atoms with Gasteiger partial charge in [-0.2, -0.15) is 0 Å². The molecule has 4 aliphatic rings. The van der Waals surface area contributed by atoms with Gasteiger partial charge in [0.25, 0.3) is 0 Å². The van der Waals surface area contributed by atoms with Crippen LogP contribution in [0.4, 0.5) is 24.5 Å². The van der Waals surface area contributed by atoms with E-state index in [1.165, 1.54) is 0 Å². The highest BCUT2D eigenvalue weighted by molar-refractivity contribution is 6.08. The summed E-state index contributed by atoms with van der Waals surface area (Å²) in [5.41, 5.74) is 7.25. The molecule has 0 radical (unpaired) electrons. The molecule has 2 fully saturated rings. The monoisotopic (exact) mass is 534 g/mol. The number of azide groups is 1. The second-order valence-electron chi connectivity index (χ2n) is 9.76. The van der Waals surface area contributed by atoms with Crippen molar-refractivity contribution >= 4 is 28.3 Å². The van der Waals surface area contributed by atoms with Gasteiger partial charge in [-0.1, -0.05) is 5.11 Å². The van der Waals surface area contributed by atoms with E-state index in [1.54, 1.807) is 24.3 Å². The summed E-state index contributed by atoms with van der Waals surface area (Å²) in [5, 5.41) is 14.1. The number of rotatable bonds is 4. The molecule has 3 heterocycles. The Morgan fingerprint density at radius 2 is 1.72 bits per heavy atom. The first-order valence-electron chi connectivity index (χ1n) is 12.7. The maximum atomic E-state index is 15.9. The van der Waals surface area contributed by atoms with Crippen LogP contribution in [0, 0.1) is 17.5 Å². The van der Waals surface area contributed by atoms with Gasteiger partial charge < -0.3 is 14.4 Å². The first kappa shape index (κ1) is 24.8. The molecule has 0 saturated carbocycles. The highest BCUT2D eigenvalue weighted by Crippen LogP contribution is 2.46. The van der Waals surface area contributed by atoms with Crippen LogP contribution < -0.4 is 14.8 Å². The first-order chi connectivity index (χ1) is 18.9. The molecule has 1 aliphatic carbocycles. The van der Waals surface area contributed by atoms with Gasteiger partial charge in [0.1, 0.15) is 41.5 Å². The topological polar surface area (TPSA) is 105 Å². The maximum Gasteiger partial charge on any atom is 0.339 e. The van der Waals surface area contributed by atoms with Gasteiger partial charge in [0.2, 0.25) is 5.36 Å². The van der Waals surface area contributed by atoms with E-state index in [0.717, 1.165) is 62.9 Å². The van der Waals surface area contributed by atoms with Crippen LogP contribution in [0.2, 0.25) is 0 Å². The molecule has 11 heteroatoms. The van der Waals surface area contributed by atoms with Gasteiger partial charge in [-0.05, 0) is 36.6 Å². The normalized spacial score (nSPS) is 15.4. The maximum absolute atomic E-state index is 15.9. The van der Waals surface area contributed by atoms with E-state index in [4.69, 9.17) is 9.95 Å². The molecule has 2 saturated heterocycles. The van der Waals surface area contributed by atoms with Crippen molar-refractivity contribution in [1.82, 2.24) is 4.58 Å². The molecule has 8 nitrogen and oxygen atoms in total.